The molecular formula is C26H35NO5. The van der Waals surface area contributed by atoms with Crippen molar-refractivity contribution in [3.63, 3.8) is 0 Å². The zero-order valence-corrected chi connectivity index (χ0v) is 19.4. The van der Waals surface area contributed by atoms with Crippen LogP contribution < -0.4 is 5.56 Å². The van der Waals surface area contributed by atoms with E-state index in [9.17, 15) is 25.0 Å². The molecule has 1 aliphatic rings. The summed E-state index contributed by atoms with van der Waals surface area (Å²) in [6.45, 7) is 8.60. The number of aromatic nitrogens is 1. The van der Waals surface area contributed by atoms with Gasteiger partial charge in [0, 0.05) is 5.56 Å². The maximum atomic E-state index is 12.6. The molecule has 6 nitrogen and oxygen atoms in total. The van der Waals surface area contributed by atoms with Gasteiger partial charge >= 0.3 is 0 Å². The predicted molar refractivity (Wildman–Crippen MR) is 127 cm³/mol. The number of aliphatic hydroxyl groups excluding tert-OH is 1. The van der Waals surface area contributed by atoms with Crippen LogP contribution in [0.25, 0.3) is 5.57 Å². The highest BCUT2D eigenvalue weighted by Crippen LogP contribution is 2.33. The molecule has 0 unspecified atom stereocenters. The minimum absolute atomic E-state index is 0.223. The molecule has 0 saturated carbocycles. The van der Waals surface area contributed by atoms with Crippen LogP contribution in [0.3, 0.4) is 0 Å². The first-order valence-electron chi connectivity index (χ1n) is 11.3. The van der Waals surface area contributed by atoms with Gasteiger partial charge in [-0.05, 0) is 56.1 Å². The largest absolute Gasteiger partial charge is 0.506 e. The van der Waals surface area contributed by atoms with Gasteiger partial charge in [-0.15, -0.1) is 0 Å². The Balaban J connectivity index is 2.18. The second-order valence-electron chi connectivity index (χ2n) is 8.79. The molecule has 0 aromatic carbocycles. The molecule has 32 heavy (non-hydrogen) atoms. The number of carbonyl (C=O) groups is 1. The Morgan fingerprint density at radius 1 is 1.28 bits per heavy atom. The van der Waals surface area contributed by atoms with Gasteiger partial charge in [-0.3, -0.25) is 9.59 Å². The first-order valence-corrected chi connectivity index (χ1v) is 11.3. The van der Waals surface area contributed by atoms with Crippen molar-refractivity contribution in [3.8, 4) is 5.75 Å². The summed E-state index contributed by atoms with van der Waals surface area (Å²) in [5.41, 5.74) is 0.528. The Morgan fingerprint density at radius 2 is 1.97 bits per heavy atom. The summed E-state index contributed by atoms with van der Waals surface area (Å²) in [5.74, 6) is -0.0105. The number of allylic oxidation sites excluding steroid dienone is 7. The van der Waals surface area contributed by atoms with Crippen molar-refractivity contribution < 1.29 is 20.2 Å². The second-order valence-corrected chi connectivity index (χ2v) is 8.79. The van der Waals surface area contributed by atoms with E-state index in [1.165, 1.54) is 12.2 Å². The van der Waals surface area contributed by atoms with E-state index in [4.69, 9.17) is 0 Å². The van der Waals surface area contributed by atoms with Crippen molar-refractivity contribution in [1.29, 1.82) is 0 Å². The van der Waals surface area contributed by atoms with Crippen molar-refractivity contribution in [2.24, 2.45) is 11.8 Å². The maximum absolute atomic E-state index is 12.6. The Morgan fingerprint density at radius 3 is 2.59 bits per heavy atom. The quantitative estimate of drug-likeness (QED) is 0.216. The summed E-state index contributed by atoms with van der Waals surface area (Å²) in [4.78, 5) is 24.9. The lowest BCUT2D eigenvalue weighted by atomic mass is 9.91. The van der Waals surface area contributed by atoms with Gasteiger partial charge in [0.2, 0.25) is 0 Å². The second kappa shape index (κ2) is 11.7. The highest BCUT2D eigenvalue weighted by Gasteiger charge is 2.23. The molecule has 3 N–H and O–H groups in total. The topological polar surface area (TPSA) is 99.8 Å². The molecule has 0 fully saturated rings. The number of pyridine rings is 1. The van der Waals surface area contributed by atoms with Gasteiger partial charge in [-0.2, -0.15) is 4.73 Å². The summed E-state index contributed by atoms with van der Waals surface area (Å²) in [7, 11) is 0. The minimum atomic E-state index is -0.976. The fourth-order valence-electron chi connectivity index (χ4n) is 3.92. The molecule has 2 rings (SSSR count). The van der Waals surface area contributed by atoms with Crippen LogP contribution >= 0.6 is 0 Å². The fourth-order valence-corrected chi connectivity index (χ4v) is 3.92. The molecule has 1 aromatic rings. The fraction of sp³-hybridized carbons (Fsp3) is 0.462. The van der Waals surface area contributed by atoms with E-state index in [-0.39, 0.29) is 5.56 Å². The maximum Gasteiger partial charge on any atom is 0.297 e. The summed E-state index contributed by atoms with van der Waals surface area (Å²) >= 11 is 0. The van der Waals surface area contributed by atoms with Gasteiger partial charge in [0.1, 0.15) is 11.3 Å². The van der Waals surface area contributed by atoms with Crippen LogP contribution in [0.5, 0.6) is 5.75 Å². The third kappa shape index (κ3) is 6.82. The van der Waals surface area contributed by atoms with Gasteiger partial charge < -0.3 is 15.4 Å². The van der Waals surface area contributed by atoms with Gasteiger partial charge in [-0.25, -0.2) is 0 Å². The molecule has 0 radical (unpaired) electrons. The van der Waals surface area contributed by atoms with E-state index >= 15 is 0 Å². The molecule has 1 aromatic heterocycles. The number of carbonyl (C=O) groups excluding carboxylic acids is 1. The van der Waals surface area contributed by atoms with Crippen LogP contribution in [-0.4, -0.2) is 32.0 Å². The number of rotatable bonds is 9. The summed E-state index contributed by atoms with van der Waals surface area (Å²) in [6, 6.07) is 0. The van der Waals surface area contributed by atoms with Crippen LogP contribution in [0.1, 0.15) is 75.7 Å². The van der Waals surface area contributed by atoms with E-state index in [1.54, 1.807) is 12.2 Å². The molecule has 3 atom stereocenters. The van der Waals surface area contributed by atoms with Gasteiger partial charge in [-0.1, -0.05) is 63.1 Å². The minimum Gasteiger partial charge on any atom is -0.506 e. The predicted octanol–water partition coefficient (Wildman–Crippen LogP) is 5.03. The van der Waals surface area contributed by atoms with Crippen molar-refractivity contribution >= 4 is 11.4 Å². The lowest BCUT2D eigenvalue weighted by molar-refractivity contribution is 0.103. The zero-order chi connectivity index (χ0) is 23.8. The molecule has 0 spiro atoms. The van der Waals surface area contributed by atoms with Crippen LogP contribution in [-0.2, 0) is 0 Å². The molecule has 0 amide bonds. The van der Waals surface area contributed by atoms with E-state index < -0.39 is 28.8 Å². The zero-order valence-electron chi connectivity index (χ0n) is 19.4. The molecule has 174 valence electrons. The molecule has 1 heterocycles. The summed E-state index contributed by atoms with van der Waals surface area (Å²) < 4.78 is 0.323. The van der Waals surface area contributed by atoms with Gasteiger partial charge in [0.25, 0.3) is 5.56 Å². The summed E-state index contributed by atoms with van der Waals surface area (Å²) in [6.07, 6.45) is 14.6. The third-order valence-corrected chi connectivity index (χ3v) is 5.88. The van der Waals surface area contributed by atoms with E-state index in [2.05, 4.69) is 26.8 Å². The van der Waals surface area contributed by atoms with E-state index in [0.717, 1.165) is 24.6 Å². The van der Waals surface area contributed by atoms with Crippen LogP contribution in [0.2, 0.25) is 0 Å². The van der Waals surface area contributed by atoms with E-state index in [1.807, 2.05) is 13.0 Å². The van der Waals surface area contributed by atoms with Crippen LogP contribution in [0.15, 0.2) is 53.0 Å². The Kier molecular flexibility index (Phi) is 9.27. The molecule has 0 saturated heterocycles. The average molecular weight is 442 g/mol. The molecule has 0 bridgehead atoms. The number of aromatic hydroxyl groups is 1. The number of hydrogen-bond donors (Lipinski definition) is 3. The van der Waals surface area contributed by atoms with Crippen molar-refractivity contribution in [2.75, 3.05) is 0 Å². The Bertz CT molecular complexity index is 996. The Labute approximate surface area is 189 Å². The van der Waals surface area contributed by atoms with Crippen molar-refractivity contribution in [1.82, 2.24) is 4.73 Å². The van der Waals surface area contributed by atoms with Crippen LogP contribution in [0.4, 0.5) is 0 Å². The number of nitrogens with zero attached hydrogens (tertiary/aromatic N) is 1. The first-order chi connectivity index (χ1) is 15.1. The number of aliphatic hydroxyl groups is 1. The first kappa shape index (κ1) is 25.4. The van der Waals surface area contributed by atoms with Crippen molar-refractivity contribution in [2.45, 2.75) is 65.9 Å². The monoisotopic (exact) mass is 441 g/mol. The number of ketones is 1. The summed E-state index contributed by atoms with van der Waals surface area (Å²) in [5, 5.41) is 30.2. The van der Waals surface area contributed by atoms with Gasteiger partial charge in [0.15, 0.2) is 5.78 Å². The molecule has 6 heteroatoms. The number of hydrogen-bond acceptors (Lipinski definition) is 5. The lowest BCUT2D eigenvalue weighted by Gasteiger charge is -2.19. The molecular weight excluding hydrogens is 406 g/mol. The smallest absolute Gasteiger partial charge is 0.297 e. The van der Waals surface area contributed by atoms with E-state index in [0.29, 0.717) is 41.4 Å². The normalized spacial score (nSPS) is 19.3. The SMILES string of the molecule is CC[C@H](C)C[C@@H](C)C=C(C)C=CC=CC(=O)c1c(O)c(C2=CC[C@@H](O)CC2)cn(O)c1=O. The average Bonchev–Trinajstić information content (AvgIpc) is 2.74. The van der Waals surface area contributed by atoms with Gasteiger partial charge in [0.05, 0.1) is 12.3 Å². The Hall–Kier alpha value is -2.86. The lowest BCUT2D eigenvalue weighted by Crippen LogP contribution is -2.25. The highest BCUT2D eigenvalue weighted by molar-refractivity contribution is 6.07. The molecule has 0 aliphatic heterocycles. The molecule has 1 aliphatic carbocycles. The standard InChI is InChI=1S/C26H35NO5/c1-5-17(2)14-19(4)15-18(3)8-6-7-9-23(29)24-25(30)22(16-27(32)26(24)31)20-10-12-21(28)13-11-20/h6-10,15-17,19,21,28,30,32H,5,11-14H2,1-4H3/t17-,19+,21+/m0/s1. The highest BCUT2D eigenvalue weighted by atomic mass is 16.5. The van der Waals surface area contributed by atoms with Crippen LogP contribution in [0, 0.1) is 11.8 Å². The van der Waals surface area contributed by atoms with Crippen molar-refractivity contribution in [3.05, 3.63) is 69.7 Å². The third-order valence-electron chi connectivity index (χ3n) is 5.88.